The summed E-state index contributed by atoms with van der Waals surface area (Å²) in [5.41, 5.74) is 0. The Morgan fingerprint density at radius 1 is 0.269 bits per heavy atom. The van der Waals surface area contributed by atoms with Crippen LogP contribution < -0.4 is 0 Å². The zero-order valence-corrected chi connectivity index (χ0v) is 62.7. The summed E-state index contributed by atoms with van der Waals surface area (Å²) in [5.74, 6) is 0.854. The molecule has 0 bridgehead atoms. The van der Waals surface area contributed by atoms with E-state index in [1.165, 1.54) is 167 Å². The number of esters is 4. The average molecular weight is 1370 g/mol. The van der Waals surface area contributed by atoms with Crippen molar-refractivity contribution < 1.29 is 80.2 Å². The lowest BCUT2D eigenvalue weighted by atomic mass is 10.0. The minimum atomic E-state index is -4.96. The van der Waals surface area contributed by atoms with Crippen molar-refractivity contribution in [3.63, 3.8) is 0 Å². The van der Waals surface area contributed by atoms with Crippen LogP contribution >= 0.6 is 15.6 Å². The number of aliphatic hydroxyl groups is 1. The number of aliphatic hydroxyl groups excluding tert-OH is 1. The van der Waals surface area contributed by atoms with Gasteiger partial charge >= 0.3 is 39.5 Å². The summed E-state index contributed by atoms with van der Waals surface area (Å²) in [6.45, 7) is 14.1. The fourth-order valence-electron chi connectivity index (χ4n) is 11.2. The molecule has 0 aromatic carbocycles. The largest absolute Gasteiger partial charge is 0.472 e. The fraction of sp³-hybridized carbons (Fsp3) is 0.946. The van der Waals surface area contributed by atoms with Crippen LogP contribution in [0, 0.1) is 23.7 Å². The van der Waals surface area contributed by atoms with Crippen LogP contribution in [0.1, 0.15) is 370 Å². The van der Waals surface area contributed by atoms with Gasteiger partial charge < -0.3 is 33.8 Å². The van der Waals surface area contributed by atoms with E-state index in [-0.39, 0.29) is 25.7 Å². The van der Waals surface area contributed by atoms with Gasteiger partial charge in [-0.25, -0.2) is 9.13 Å². The van der Waals surface area contributed by atoms with E-state index in [2.05, 4.69) is 55.4 Å². The predicted octanol–water partition coefficient (Wildman–Crippen LogP) is 21.3. The minimum Gasteiger partial charge on any atom is -0.462 e. The van der Waals surface area contributed by atoms with Crippen molar-refractivity contribution in [1.29, 1.82) is 0 Å². The van der Waals surface area contributed by atoms with Crippen LogP contribution in [0.3, 0.4) is 0 Å². The first kappa shape index (κ1) is 91.1. The number of phosphoric ester groups is 2. The van der Waals surface area contributed by atoms with Crippen LogP contribution in [0.4, 0.5) is 0 Å². The topological polar surface area (TPSA) is 237 Å². The predicted molar refractivity (Wildman–Crippen MR) is 377 cm³/mol. The molecule has 0 rings (SSSR count). The molecule has 0 aliphatic carbocycles. The molecule has 17 nitrogen and oxygen atoms in total. The van der Waals surface area contributed by atoms with Crippen molar-refractivity contribution in [3.8, 4) is 0 Å². The highest BCUT2D eigenvalue weighted by atomic mass is 31.2. The first-order valence-corrected chi connectivity index (χ1v) is 41.2. The molecule has 0 radical (unpaired) electrons. The zero-order valence-electron chi connectivity index (χ0n) is 60.9. The third-order valence-electron chi connectivity index (χ3n) is 17.1. The van der Waals surface area contributed by atoms with Crippen molar-refractivity contribution in [3.05, 3.63) is 0 Å². The average Bonchev–Trinajstić information content (AvgIpc) is 2.63. The van der Waals surface area contributed by atoms with Crippen molar-refractivity contribution in [2.24, 2.45) is 23.7 Å². The summed E-state index contributed by atoms with van der Waals surface area (Å²) >= 11 is 0. The van der Waals surface area contributed by atoms with Crippen molar-refractivity contribution in [2.75, 3.05) is 39.6 Å². The lowest BCUT2D eigenvalue weighted by Crippen LogP contribution is -2.30. The molecule has 0 aromatic heterocycles. The van der Waals surface area contributed by atoms with Crippen molar-refractivity contribution in [2.45, 2.75) is 388 Å². The highest BCUT2D eigenvalue weighted by Crippen LogP contribution is 2.45. The monoisotopic (exact) mass is 1370 g/mol. The van der Waals surface area contributed by atoms with Gasteiger partial charge in [-0.05, 0) is 49.4 Å². The standard InChI is InChI=1S/C74H144O17P2/c1-64(2)50-42-34-26-20-16-13-11-9-10-12-14-18-22-30-40-48-56-73(78)90-69(60-84-71(76)54-46-38-29-25-24-28-36-44-52-66(5)6)62-88-92(80,81)86-58-68(75)59-87-93(82,83)89-63-70(61-85-72(77)55-47-39-33-32-37-45-53-67(7)8)91-74(79)57-49-41-31-23-19-15-17-21-27-35-43-51-65(3)4/h64-70,75H,9-63H2,1-8H3,(H,80,81)(H,82,83)/t68-,69-,70-/m1/s1. The molecule has 3 N–H and O–H groups in total. The second-order valence-corrected chi connectivity index (χ2v) is 31.5. The molecule has 0 saturated carbocycles. The third-order valence-corrected chi connectivity index (χ3v) is 19.0. The molecule has 0 aliphatic rings. The minimum absolute atomic E-state index is 0.105. The van der Waals surface area contributed by atoms with E-state index in [0.29, 0.717) is 31.6 Å². The Morgan fingerprint density at radius 2 is 0.452 bits per heavy atom. The molecule has 19 heteroatoms. The number of unbranched alkanes of at least 4 members (excludes halogenated alkanes) is 37. The summed E-state index contributed by atoms with van der Waals surface area (Å²) in [7, 11) is -9.91. The van der Waals surface area contributed by atoms with E-state index in [9.17, 15) is 43.2 Å². The van der Waals surface area contributed by atoms with Gasteiger partial charge in [0.1, 0.15) is 19.3 Å². The first-order valence-electron chi connectivity index (χ1n) is 38.2. The van der Waals surface area contributed by atoms with Gasteiger partial charge in [0.15, 0.2) is 12.2 Å². The van der Waals surface area contributed by atoms with E-state index >= 15 is 0 Å². The molecule has 0 heterocycles. The van der Waals surface area contributed by atoms with Crippen molar-refractivity contribution in [1.82, 2.24) is 0 Å². The number of hydrogen-bond acceptors (Lipinski definition) is 15. The van der Waals surface area contributed by atoms with E-state index in [1.54, 1.807) is 0 Å². The third kappa shape index (κ3) is 68.4. The Labute approximate surface area is 568 Å². The van der Waals surface area contributed by atoms with Gasteiger partial charge in [0.2, 0.25) is 0 Å². The van der Waals surface area contributed by atoms with Crippen LogP contribution in [0.15, 0.2) is 0 Å². The number of carbonyl (C=O) groups excluding carboxylic acids is 4. The lowest BCUT2D eigenvalue weighted by Gasteiger charge is -2.21. The zero-order chi connectivity index (χ0) is 68.9. The van der Waals surface area contributed by atoms with Gasteiger partial charge in [0.05, 0.1) is 26.4 Å². The second kappa shape index (κ2) is 63.5. The van der Waals surface area contributed by atoms with Crippen LogP contribution in [-0.4, -0.2) is 96.7 Å². The van der Waals surface area contributed by atoms with E-state index in [0.717, 1.165) is 114 Å². The second-order valence-electron chi connectivity index (χ2n) is 28.6. The molecular weight excluding hydrogens is 1220 g/mol. The summed E-state index contributed by atoms with van der Waals surface area (Å²) in [6, 6.07) is 0. The summed E-state index contributed by atoms with van der Waals surface area (Å²) in [5, 5.41) is 10.6. The Bertz CT molecular complexity index is 1830. The normalized spacial score (nSPS) is 14.2. The quantitative estimate of drug-likeness (QED) is 0.0222. The molecule has 0 aromatic rings. The summed E-state index contributed by atoms with van der Waals surface area (Å²) in [4.78, 5) is 72.7. The maximum absolute atomic E-state index is 13.1. The molecule has 0 saturated heterocycles. The van der Waals surface area contributed by atoms with E-state index in [4.69, 9.17) is 37.0 Å². The number of ether oxygens (including phenoxy) is 4. The Kier molecular flexibility index (Phi) is 62.2. The number of hydrogen-bond donors (Lipinski definition) is 3. The van der Waals surface area contributed by atoms with E-state index < -0.39 is 97.5 Å². The Morgan fingerprint density at radius 3 is 0.667 bits per heavy atom. The van der Waals surface area contributed by atoms with Crippen LogP contribution in [0.5, 0.6) is 0 Å². The fourth-order valence-corrected chi connectivity index (χ4v) is 12.8. The molecule has 5 atom stereocenters. The highest BCUT2D eigenvalue weighted by molar-refractivity contribution is 7.47. The molecule has 0 spiro atoms. The van der Waals surface area contributed by atoms with Gasteiger partial charge in [0.25, 0.3) is 0 Å². The molecule has 0 amide bonds. The number of rotatable bonds is 71. The van der Waals surface area contributed by atoms with Gasteiger partial charge in [0, 0.05) is 25.7 Å². The molecular formula is C74H144O17P2. The van der Waals surface area contributed by atoms with E-state index in [1.807, 2.05) is 0 Å². The molecule has 0 aliphatic heterocycles. The lowest BCUT2D eigenvalue weighted by molar-refractivity contribution is -0.161. The Balaban J connectivity index is 5.21. The molecule has 93 heavy (non-hydrogen) atoms. The Hall–Kier alpha value is -1.94. The number of phosphoric acid groups is 2. The van der Waals surface area contributed by atoms with Gasteiger partial charge in [-0.15, -0.1) is 0 Å². The van der Waals surface area contributed by atoms with Crippen LogP contribution in [0.2, 0.25) is 0 Å². The first-order chi connectivity index (χ1) is 44.6. The van der Waals surface area contributed by atoms with Crippen LogP contribution in [-0.2, 0) is 65.4 Å². The molecule has 552 valence electrons. The van der Waals surface area contributed by atoms with Gasteiger partial charge in [-0.2, -0.15) is 0 Å². The van der Waals surface area contributed by atoms with Gasteiger partial charge in [-0.1, -0.05) is 319 Å². The SMILES string of the molecule is CC(C)CCCCCCCCCCCCCCCCCCC(=O)O[C@H](COC(=O)CCCCCCCCCCC(C)C)COP(=O)(O)OC[C@@H](O)COP(=O)(O)OC[C@@H](COC(=O)CCCCCCCCC(C)C)OC(=O)CCCCCCCCCCCCCC(C)C. The summed E-state index contributed by atoms with van der Waals surface area (Å²) < 4.78 is 68.4. The maximum Gasteiger partial charge on any atom is 0.472 e. The van der Waals surface area contributed by atoms with Gasteiger partial charge in [-0.3, -0.25) is 37.3 Å². The number of carbonyl (C=O) groups is 4. The van der Waals surface area contributed by atoms with Crippen molar-refractivity contribution >= 4 is 39.5 Å². The van der Waals surface area contributed by atoms with Crippen LogP contribution in [0.25, 0.3) is 0 Å². The molecule has 0 fully saturated rings. The molecule has 2 unspecified atom stereocenters. The maximum atomic E-state index is 13.1. The summed E-state index contributed by atoms with van der Waals surface area (Å²) in [6.07, 6.45) is 47.4. The smallest absolute Gasteiger partial charge is 0.462 e. The highest BCUT2D eigenvalue weighted by Gasteiger charge is 2.30.